The highest BCUT2D eigenvalue weighted by atomic mass is 16.3. The van der Waals surface area contributed by atoms with E-state index in [0.717, 1.165) is 18.8 Å². The number of aryl methyl sites for hydroxylation is 1. The molecule has 0 amide bonds. The summed E-state index contributed by atoms with van der Waals surface area (Å²) in [6, 6.07) is 0. The van der Waals surface area contributed by atoms with Crippen molar-refractivity contribution < 1.29 is 5.11 Å². The molecule has 0 bridgehead atoms. The van der Waals surface area contributed by atoms with E-state index in [1.54, 1.807) is 7.05 Å². The van der Waals surface area contributed by atoms with Gasteiger partial charge >= 0.3 is 0 Å². The first kappa shape index (κ1) is 14.4. The second-order valence-electron chi connectivity index (χ2n) is 6.10. The van der Waals surface area contributed by atoms with Crippen LogP contribution in [0.25, 0.3) is 0 Å². The minimum atomic E-state index is -0.445. The molecule has 2 rings (SSSR count). The molecule has 1 aromatic heterocycles. The molecule has 1 atom stereocenters. The van der Waals surface area contributed by atoms with Crippen molar-refractivity contribution in [3.8, 4) is 0 Å². The van der Waals surface area contributed by atoms with Gasteiger partial charge in [-0.3, -0.25) is 0 Å². The molecule has 0 spiro atoms. The van der Waals surface area contributed by atoms with Crippen molar-refractivity contribution in [2.45, 2.75) is 50.7 Å². The van der Waals surface area contributed by atoms with Gasteiger partial charge in [0.25, 0.3) is 0 Å². The highest BCUT2D eigenvalue weighted by molar-refractivity contribution is 5.01. The van der Waals surface area contributed by atoms with E-state index < -0.39 is 6.10 Å². The van der Waals surface area contributed by atoms with E-state index in [4.69, 9.17) is 0 Å². The number of hydrogen-bond acceptors (Lipinski definition) is 5. The third kappa shape index (κ3) is 2.95. The van der Waals surface area contributed by atoms with E-state index in [1.807, 2.05) is 0 Å². The summed E-state index contributed by atoms with van der Waals surface area (Å²) in [5, 5.41) is 22.7. The number of aliphatic hydroxyl groups is 1. The highest BCUT2D eigenvalue weighted by Crippen LogP contribution is 2.38. The third-order valence-corrected chi connectivity index (χ3v) is 4.58. The van der Waals surface area contributed by atoms with Crippen LogP contribution in [-0.4, -0.2) is 56.0 Å². The molecule has 1 N–H and O–H groups in total. The van der Waals surface area contributed by atoms with Crippen molar-refractivity contribution in [1.82, 2.24) is 25.1 Å². The maximum absolute atomic E-state index is 10.7. The summed E-state index contributed by atoms with van der Waals surface area (Å²) in [6.45, 7) is 2.29. The molecular formula is C13H25N5O. The van der Waals surface area contributed by atoms with Gasteiger partial charge in [0, 0.05) is 12.0 Å². The average Bonchev–Trinajstić information content (AvgIpc) is 2.75. The van der Waals surface area contributed by atoms with Gasteiger partial charge in [0.15, 0.2) is 5.82 Å². The van der Waals surface area contributed by atoms with Crippen LogP contribution in [-0.2, 0) is 13.5 Å². The Morgan fingerprint density at radius 2 is 2.05 bits per heavy atom. The topological polar surface area (TPSA) is 67.1 Å². The van der Waals surface area contributed by atoms with Gasteiger partial charge in [-0.1, -0.05) is 6.92 Å². The summed E-state index contributed by atoms with van der Waals surface area (Å²) in [7, 11) is 5.86. The molecule has 19 heavy (non-hydrogen) atoms. The van der Waals surface area contributed by atoms with E-state index in [2.05, 4.69) is 41.3 Å². The number of nitrogens with zero attached hydrogens (tertiary/aromatic N) is 5. The van der Waals surface area contributed by atoms with Crippen LogP contribution < -0.4 is 0 Å². The summed E-state index contributed by atoms with van der Waals surface area (Å²) in [6.07, 6.45) is 4.43. The van der Waals surface area contributed by atoms with Gasteiger partial charge in [0.2, 0.25) is 0 Å². The standard InChI is InChI=1S/C13H25N5O/c1-10-5-7-13(8-6-10,17(2)3)11(19)9-12-14-16-18(4)15-12/h10-11,19H,5-9H2,1-4H3. The minimum absolute atomic E-state index is 0.147. The zero-order valence-corrected chi connectivity index (χ0v) is 12.4. The average molecular weight is 267 g/mol. The molecular weight excluding hydrogens is 242 g/mol. The largest absolute Gasteiger partial charge is 0.391 e. The van der Waals surface area contributed by atoms with E-state index in [-0.39, 0.29) is 5.54 Å². The lowest BCUT2D eigenvalue weighted by Gasteiger charge is -2.47. The van der Waals surface area contributed by atoms with Gasteiger partial charge in [-0.15, -0.1) is 10.2 Å². The molecule has 1 heterocycles. The van der Waals surface area contributed by atoms with Gasteiger partial charge in [0.05, 0.1) is 13.2 Å². The Morgan fingerprint density at radius 1 is 1.42 bits per heavy atom. The Balaban J connectivity index is 2.10. The molecule has 0 saturated heterocycles. The maximum atomic E-state index is 10.7. The van der Waals surface area contributed by atoms with Gasteiger partial charge < -0.3 is 10.0 Å². The van der Waals surface area contributed by atoms with Gasteiger partial charge in [-0.05, 0) is 50.9 Å². The Bertz CT molecular complexity index is 409. The SMILES string of the molecule is CC1CCC(C(O)Cc2nnn(C)n2)(N(C)C)CC1. The van der Waals surface area contributed by atoms with Gasteiger partial charge in [-0.2, -0.15) is 4.80 Å². The Labute approximate surface area is 114 Å². The number of rotatable bonds is 4. The van der Waals surface area contributed by atoms with Crippen molar-refractivity contribution in [1.29, 1.82) is 0 Å². The fourth-order valence-corrected chi connectivity index (χ4v) is 3.11. The number of tetrazole rings is 1. The van der Waals surface area contributed by atoms with Crippen molar-refractivity contribution in [3.05, 3.63) is 5.82 Å². The van der Waals surface area contributed by atoms with Gasteiger partial charge in [0.1, 0.15) is 0 Å². The Kier molecular flexibility index (Phi) is 4.20. The fraction of sp³-hybridized carbons (Fsp3) is 0.923. The first-order valence-corrected chi connectivity index (χ1v) is 7.02. The van der Waals surface area contributed by atoms with Crippen LogP contribution in [0.1, 0.15) is 38.4 Å². The highest BCUT2D eigenvalue weighted by Gasteiger charge is 2.42. The molecule has 1 unspecified atom stereocenters. The molecule has 6 heteroatoms. The number of likely N-dealkylation sites (N-methyl/N-ethyl adjacent to an activating group) is 1. The number of hydrogen-bond donors (Lipinski definition) is 1. The van der Waals surface area contributed by atoms with Crippen molar-refractivity contribution >= 4 is 0 Å². The molecule has 108 valence electrons. The fourth-order valence-electron chi connectivity index (χ4n) is 3.11. The lowest BCUT2D eigenvalue weighted by molar-refractivity contribution is -0.0391. The zero-order valence-electron chi connectivity index (χ0n) is 12.4. The van der Waals surface area contributed by atoms with Gasteiger partial charge in [-0.25, -0.2) is 0 Å². The van der Waals surface area contributed by atoms with Crippen molar-refractivity contribution in [2.75, 3.05) is 14.1 Å². The van der Waals surface area contributed by atoms with Crippen LogP contribution in [0.3, 0.4) is 0 Å². The van der Waals surface area contributed by atoms with Crippen LogP contribution in [0.2, 0.25) is 0 Å². The minimum Gasteiger partial charge on any atom is -0.391 e. The van der Waals surface area contributed by atoms with Crippen LogP contribution in [0.4, 0.5) is 0 Å². The van der Waals surface area contributed by atoms with Crippen molar-refractivity contribution in [3.63, 3.8) is 0 Å². The predicted octanol–water partition coefficient (Wildman–Crippen LogP) is 0.624. The third-order valence-electron chi connectivity index (χ3n) is 4.58. The molecule has 0 radical (unpaired) electrons. The second-order valence-corrected chi connectivity index (χ2v) is 6.10. The smallest absolute Gasteiger partial charge is 0.177 e. The summed E-state index contributed by atoms with van der Waals surface area (Å²) < 4.78 is 0. The predicted molar refractivity (Wildman–Crippen MR) is 72.6 cm³/mol. The maximum Gasteiger partial charge on any atom is 0.177 e. The molecule has 1 aromatic rings. The van der Waals surface area contributed by atoms with Crippen molar-refractivity contribution in [2.24, 2.45) is 13.0 Å². The van der Waals surface area contributed by atoms with Crippen LogP contribution in [0.5, 0.6) is 0 Å². The summed E-state index contributed by atoms with van der Waals surface area (Å²) >= 11 is 0. The van der Waals surface area contributed by atoms with Crippen LogP contribution >= 0.6 is 0 Å². The monoisotopic (exact) mass is 267 g/mol. The summed E-state index contributed by atoms with van der Waals surface area (Å²) in [4.78, 5) is 3.62. The lowest BCUT2D eigenvalue weighted by atomic mass is 9.72. The van der Waals surface area contributed by atoms with E-state index in [9.17, 15) is 5.11 Å². The lowest BCUT2D eigenvalue weighted by Crippen LogP contribution is -2.56. The summed E-state index contributed by atoms with van der Waals surface area (Å²) in [5.74, 6) is 1.38. The molecule has 1 fully saturated rings. The Morgan fingerprint density at radius 3 is 2.53 bits per heavy atom. The number of aliphatic hydroxyl groups excluding tert-OH is 1. The number of aromatic nitrogens is 4. The van der Waals surface area contributed by atoms with E-state index in [0.29, 0.717) is 12.2 Å². The van der Waals surface area contributed by atoms with Crippen LogP contribution in [0.15, 0.2) is 0 Å². The molecule has 1 aliphatic rings. The van der Waals surface area contributed by atoms with E-state index >= 15 is 0 Å². The molecule has 1 aliphatic carbocycles. The first-order valence-electron chi connectivity index (χ1n) is 7.02. The Hall–Kier alpha value is -1.01. The molecule has 0 aromatic carbocycles. The quantitative estimate of drug-likeness (QED) is 0.866. The van der Waals surface area contributed by atoms with Crippen LogP contribution in [0, 0.1) is 5.92 Å². The zero-order chi connectivity index (χ0) is 14.0. The summed E-state index contributed by atoms with van der Waals surface area (Å²) in [5.41, 5.74) is -0.147. The molecule has 0 aliphatic heterocycles. The molecule has 6 nitrogen and oxygen atoms in total. The second kappa shape index (κ2) is 5.54. The normalized spacial score (nSPS) is 29.7. The molecule has 1 saturated carbocycles. The first-order chi connectivity index (χ1) is 8.94. The van der Waals surface area contributed by atoms with E-state index in [1.165, 1.54) is 17.6 Å².